The number of nitrogens with zero attached hydrogens (tertiary/aromatic N) is 2. The zero-order chi connectivity index (χ0) is 26.5. The quantitative estimate of drug-likeness (QED) is 0.310. The third-order valence-electron chi connectivity index (χ3n) is 7.22. The van der Waals surface area contributed by atoms with E-state index < -0.39 is 0 Å². The molecule has 4 nitrogen and oxygen atoms in total. The van der Waals surface area contributed by atoms with Gasteiger partial charge in [-0.25, -0.2) is 0 Å². The largest absolute Gasteiger partial charge is 0.358 e. The first-order valence-corrected chi connectivity index (χ1v) is 13.9. The molecule has 0 fully saturated rings. The van der Waals surface area contributed by atoms with E-state index in [2.05, 4.69) is 104 Å². The smallest absolute Gasteiger partial charge is 0.238 e. The molecule has 5 heteroatoms. The lowest BCUT2D eigenvalue weighted by Gasteiger charge is -2.44. The minimum atomic E-state index is -0.0524. The van der Waals surface area contributed by atoms with Crippen molar-refractivity contribution in [2.45, 2.75) is 65.3 Å². The van der Waals surface area contributed by atoms with Crippen LogP contribution < -0.4 is 10.2 Å². The van der Waals surface area contributed by atoms with Crippen LogP contribution >= 0.6 is 11.6 Å². The number of anilines is 2. The van der Waals surface area contributed by atoms with Gasteiger partial charge in [0, 0.05) is 22.9 Å². The average molecular weight is 518 g/mol. The molecule has 3 aromatic rings. The van der Waals surface area contributed by atoms with Gasteiger partial charge in [0.25, 0.3) is 0 Å². The van der Waals surface area contributed by atoms with Gasteiger partial charge in [0.1, 0.15) is 0 Å². The number of nitrogens with one attached hydrogen (secondary N) is 1. The summed E-state index contributed by atoms with van der Waals surface area (Å²) in [6.45, 7) is 12.8. The third-order valence-corrected chi connectivity index (χ3v) is 7.46. The number of para-hydroxylation sites is 1. The van der Waals surface area contributed by atoms with Gasteiger partial charge in [-0.2, -0.15) is 0 Å². The van der Waals surface area contributed by atoms with Crippen LogP contribution in [0.5, 0.6) is 0 Å². The van der Waals surface area contributed by atoms with E-state index in [1.165, 1.54) is 22.4 Å². The summed E-state index contributed by atoms with van der Waals surface area (Å²) in [5.41, 5.74) is 6.85. The maximum Gasteiger partial charge on any atom is 0.238 e. The number of carbonyl (C=O) groups excluding carboxylic acids is 1. The van der Waals surface area contributed by atoms with Crippen molar-refractivity contribution in [2.24, 2.45) is 0 Å². The van der Waals surface area contributed by atoms with Crippen molar-refractivity contribution in [3.05, 3.63) is 94.0 Å². The number of halogens is 1. The number of benzene rings is 3. The Morgan fingerprint density at radius 3 is 2.27 bits per heavy atom. The Morgan fingerprint density at radius 2 is 1.65 bits per heavy atom. The summed E-state index contributed by atoms with van der Waals surface area (Å²) in [7, 11) is 0. The van der Waals surface area contributed by atoms with Gasteiger partial charge >= 0.3 is 0 Å². The van der Waals surface area contributed by atoms with Gasteiger partial charge in [0.15, 0.2) is 0 Å². The van der Waals surface area contributed by atoms with Gasteiger partial charge in [-0.05, 0) is 58.7 Å². The minimum absolute atomic E-state index is 0.0110. The fraction of sp³-hybridized carbons (Fsp3) is 0.406. The van der Waals surface area contributed by atoms with Gasteiger partial charge in [0.2, 0.25) is 5.91 Å². The first kappa shape index (κ1) is 27.2. The normalized spacial score (nSPS) is 15.8. The molecule has 1 aliphatic heterocycles. The van der Waals surface area contributed by atoms with Gasteiger partial charge in [-0.3, -0.25) is 9.69 Å². The fourth-order valence-electron chi connectivity index (χ4n) is 5.37. The molecule has 37 heavy (non-hydrogen) atoms. The molecule has 0 saturated carbocycles. The first-order chi connectivity index (χ1) is 17.8. The molecule has 0 aromatic heterocycles. The molecule has 4 rings (SSSR count). The van der Waals surface area contributed by atoms with Gasteiger partial charge < -0.3 is 10.2 Å². The topological polar surface area (TPSA) is 35.6 Å². The second-order valence-electron chi connectivity index (χ2n) is 10.7. The van der Waals surface area contributed by atoms with Crippen LogP contribution in [0, 0.1) is 0 Å². The maximum atomic E-state index is 13.7. The van der Waals surface area contributed by atoms with Crippen LogP contribution in [0.4, 0.5) is 11.4 Å². The van der Waals surface area contributed by atoms with Crippen molar-refractivity contribution >= 4 is 28.9 Å². The summed E-state index contributed by atoms with van der Waals surface area (Å²) in [6, 6.07) is 22.9. The summed E-state index contributed by atoms with van der Waals surface area (Å²) in [5.74, 6) is 0.649. The predicted octanol–water partition coefficient (Wildman–Crippen LogP) is 8.19. The summed E-state index contributed by atoms with van der Waals surface area (Å²) in [5, 5.41) is 4.05. The van der Waals surface area contributed by atoms with Gasteiger partial charge in [-0.15, -0.1) is 0 Å². The highest BCUT2D eigenvalue weighted by atomic mass is 35.5. The molecule has 0 aliphatic carbocycles. The molecular formula is C32H40ClN3O. The number of amides is 1. The van der Waals surface area contributed by atoms with Crippen LogP contribution in [0.15, 0.2) is 66.7 Å². The molecule has 196 valence electrons. The molecule has 1 heterocycles. The van der Waals surface area contributed by atoms with Crippen molar-refractivity contribution in [3.8, 4) is 0 Å². The number of fused-ring (bicyclic) bond motifs is 1. The van der Waals surface area contributed by atoms with Crippen LogP contribution in [0.1, 0.15) is 87.6 Å². The molecule has 3 aromatic carbocycles. The second kappa shape index (κ2) is 12.1. The lowest BCUT2D eigenvalue weighted by atomic mass is 9.92. The van der Waals surface area contributed by atoms with Crippen molar-refractivity contribution in [1.82, 2.24) is 4.90 Å². The fourth-order valence-corrected chi connectivity index (χ4v) is 5.55. The Kier molecular flexibility index (Phi) is 8.94. The number of unbranched alkanes of at least 4 members (excludes halogenated alkanes) is 1. The number of hydrogen-bond acceptors (Lipinski definition) is 3. The number of hydrogen-bond donors (Lipinski definition) is 1. The van der Waals surface area contributed by atoms with E-state index in [4.69, 9.17) is 11.6 Å². The minimum Gasteiger partial charge on any atom is -0.358 e. The van der Waals surface area contributed by atoms with E-state index in [1.807, 2.05) is 12.1 Å². The van der Waals surface area contributed by atoms with E-state index in [0.717, 1.165) is 30.6 Å². The monoisotopic (exact) mass is 517 g/mol. The van der Waals surface area contributed by atoms with Gasteiger partial charge in [-0.1, -0.05) is 101 Å². The summed E-state index contributed by atoms with van der Waals surface area (Å²) < 4.78 is 0. The molecule has 0 spiro atoms. The summed E-state index contributed by atoms with van der Waals surface area (Å²) in [6.07, 6.45) is 2.21. The Morgan fingerprint density at radius 1 is 0.973 bits per heavy atom. The predicted molar refractivity (Wildman–Crippen MR) is 157 cm³/mol. The molecular weight excluding hydrogens is 478 g/mol. The maximum absolute atomic E-state index is 13.7. The van der Waals surface area contributed by atoms with Crippen molar-refractivity contribution in [1.29, 1.82) is 0 Å². The summed E-state index contributed by atoms with van der Waals surface area (Å²) in [4.78, 5) is 18.4. The zero-order valence-electron chi connectivity index (χ0n) is 22.8. The van der Waals surface area contributed by atoms with Crippen LogP contribution in [0.3, 0.4) is 0 Å². The molecule has 1 atom stereocenters. The zero-order valence-corrected chi connectivity index (χ0v) is 23.6. The highest BCUT2D eigenvalue weighted by molar-refractivity contribution is 6.30. The number of carbonyl (C=O) groups is 1. The highest BCUT2D eigenvalue weighted by Crippen LogP contribution is 2.41. The molecule has 1 N–H and O–H groups in total. The Bertz CT molecular complexity index is 1180. The van der Waals surface area contributed by atoms with E-state index in [0.29, 0.717) is 23.5 Å². The Labute approximate surface area is 227 Å². The molecule has 0 radical (unpaired) electrons. The van der Waals surface area contributed by atoms with Crippen LogP contribution in [-0.4, -0.2) is 30.6 Å². The van der Waals surface area contributed by atoms with Crippen molar-refractivity contribution in [2.75, 3.05) is 30.0 Å². The van der Waals surface area contributed by atoms with E-state index in [9.17, 15) is 4.79 Å². The van der Waals surface area contributed by atoms with Gasteiger partial charge in [0.05, 0.1) is 19.3 Å². The number of rotatable bonds is 9. The molecule has 1 amide bonds. The van der Waals surface area contributed by atoms with E-state index in [1.54, 1.807) is 0 Å². The molecule has 0 saturated heterocycles. The second-order valence-corrected chi connectivity index (χ2v) is 11.1. The average Bonchev–Trinajstić information content (AvgIpc) is 2.87. The molecule has 0 bridgehead atoms. The van der Waals surface area contributed by atoms with E-state index >= 15 is 0 Å². The lowest BCUT2D eigenvalue weighted by molar-refractivity contribution is -0.117. The van der Waals surface area contributed by atoms with Crippen LogP contribution in [0.25, 0.3) is 0 Å². The SMILES string of the molecule is CCCCN1CN(CC(=O)Nc2c(C(C)C)cccc2C(C)C)C(c2ccccc2)c2cc(Cl)ccc21. The molecule has 1 aliphatic rings. The molecule has 1 unspecified atom stereocenters. The van der Waals surface area contributed by atoms with Crippen LogP contribution in [-0.2, 0) is 4.79 Å². The standard InChI is InChI=1S/C32H40ClN3O/c1-6-7-18-35-21-36(20-30(37)34-31-26(22(2)3)14-11-15-27(31)23(4)5)32(24-12-9-8-10-13-24)28-19-25(33)16-17-29(28)35/h8-17,19,22-23,32H,6-7,18,20-21H2,1-5H3,(H,34,37). The summed E-state index contributed by atoms with van der Waals surface area (Å²) >= 11 is 6.52. The Hall–Kier alpha value is -2.82. The third kappa shape index (κ3) is 6.19. The van der Waals surface area contributed by atoms with E-state index in [-0.39, 0.29) is 18.5 Å². The highest BCUT2D eigenvalue weighted by Gasteiger charge is 2.34. The van der Waals surface area contributed by atoms with Crippen molar-refractivity contribution < 1.29 is 4.79 Å². The Balaban J connectivity index is 1.70. The lowest BCUT2D eigenvalue weighted by Crippen LogP contribution is -2.48. The first-order valence-electron chi connectivity index (χ1n) is 13.6. The van der Waals surface area contributed by atoms with Crippen LogP contribution in [0.2, 0.25) is 5.02 Å². The van der Waals surface area contributed by atoms with Crippen molar-refractivity contribution in [3.63, 3.8) is 0 Å².